The zero-order chi connectivity index (χ0) is 7.90. The largest absolute Gasteiger partial charge is 0.330 e. The van der Waals surface area contributed by atoms with Crippen LogP contribution in [0.5, 0.6) is 0 Å². The van der Waals surface area contributed by atoms with E-state index in [0.29, 0.717) is 0 Å². The first kappa shape index (κ1) is 9.56. The van der Waals surface area contributed by atoms with Crippen LogP contribution < -0.4 is 5.73 Å². The average molecular weight is 184 g/mol. The third-order valence-electron chi connectivity index (χ3n) is 2.70. The Labute approximate surface area is 79.4 Å². The molecule has 1 atom stereocenters. The molecule has 0 aliphatic heterocycles. The van der Waals surface area contributed by atoms with E-state index in [1.165, 1.54) is 11.1 Å². The lowest BCUT2D eigenvalue weighted by Crippen LogP contribution is -2.42. The van der Waals surface area contributed by atoms with Gasteiger partial charge in [0, 0.05) is 12.0 Å². The van der Waals surface area contributed by atoms with E-state index in [0.717, 1.165) is 13.0 Å². The maximum absolute atomic E-state index is 5.68. The first-order chi connectivity index (χ1) is 5.26. The molecule has 0 amide bonds. The minimum absolute atomic E-state index is 0. The normalized spacial score (nSPS) is 25.2. The number of hydrogen-bond donors (Lipinski definition) is 1. The van der Waals surface area contributed by atoms with E-state index >= 15 is 0 Å². The van der Waals surface area contributed by atoms with Gasteiger partial charge < -0.3 is 5.73 Å². The van der Waals surface area contributed by atoms with Crippen LogP contribution in [0.2, 0.25) is 0 Å². The second-order valence-electron chi connectivity index (χ2n) is 3.60. The first-order valence-corrected chi connectivity index (χ1v) is 4.05. The summed E-state index contributed by atoms with van der Waals surface area (Å²) in [6.07, 6.45) is 1.15. The molecule has 0 heterocycles. The molecule has 0 radical (unpaired) electrons. The van der Waals surface area contributed by atoms with Crippen molar-refractivity contribution in [3.63, 3.8) is 0 Å². The summed E-state index contributed by atoms with van der Waals surface area (Å²) < 4.78 is 0. The zero-order valence-electron chi connectivity index (χ0n) is 7.21. The molecule has 2 heteroatoms. The molecule has 1 aromatic carbocycles. The highest BCUT2D eigenvalue weighted by Crippen LogP contribution is 2.39. The third-order valence-corrected chi connectivity index (χ3v) is 2.70. The highest BCUT2D eigenvalue weighted by atomic mass is 35.5. The summed E-state index contributed by atoms with van der Waals surface area (Å²) in [6.45, 7) is 3.00. The molecule has 1 nitrogen and oxygen atoms in total. The molecule has 0 aromatic heterocycles. The Morgan fingerprint density at radius 3 is 2.67 bits per heavy atom. The van der Waals surface area contributed by atoms with Gasteiger partial charge in [-0.3, -0.25) is 0 Å². The summed E-state index contributed by atoms with van der Waals surface area (Å²) in [6, 6.07) is 8.55. The van der Waals surface area contributed by atoms with Crippen LogP contribution in [-0.2, 0) is 11.8 Å². The number of rotatable bonds is 1. The van der Waals surface area contributed by atoms with Gasteiger partial charge in [-0.15, -0.1) is 12.4 Å². The summed E-state index contributed by atoms with van der Waals surface area (Å²) in [7, 11) is 0. The lowest BCUT2D eigenvalue weighted by molar-refractivity contribution is 0.421. The van der Waals surface area contributed by atoms with Crippen molar-refractivity contribution in [2.45, 2.75) is 18.8 Å². The Morgan fingerprint density at radius 2 is 2.08 bits per heavy atom. The number of nitrogens with two attached hydrogens (primary N) is 1. The standard InChI is InChI=1S/C10H13N.ClH/c1-10(7-11)6-8-4-2-3-5-9(8)10;/h2-5H,6-7,11H2,1H3;1H. The molecular weight excluding hydrogens is 170 g/mol. The molecule has 0 fully saturated rings. The Bertz CT molecular complexity index is 285. The van der Waals surface area contributed by atoms with Crippen molar-refractivity contribution < 1.29 is 0 Å². The highest BCUT2D eigenvalue weighted by molar-refractivity contribution is 5.85. The van der Waals surface area contributed by atoms with E-state index in [9.17, 15) is 0 Å². The molecular formula is C10H14ClN. The van der Waals surface area contributed by atoms with Crippen LogP contribution in [0, 0.1) is 0 Å². The lowest BCUT2D eigenvalue weighted by atomic mass is 9.65. The first-order valence-electron chi connectivity index (χ1n) is 4.05. The highest BCUT2D eigenvalue weighted by Gasteiger charge is 2.36. The summed E-state index contributed by atoms with van der Waals surface area (Å²) in [5, 5.41) is 0. The van der Waals surface area contributed by atoms with Gasteiger partial charge in [-0.25, -0.2) is 0 Å². The van der Waals surface area contributed by atoms with Crippen molar-refractivity contribution in [2.24, 2.45) is 5.73 Å². The van der Waals surface area contributed by atoms with Gasteiger partial charge >= 0.3 is 0 Å². The maximum Gasteiger partial charge on any atom is 0.00904 e. The Balaban J connectivity index is 0.000000720. The van der Waals surface area contributed by atoms with Gasteiger partial charge in [0.15, 0.2) is 0 Å². The Hall–Kier alpha value is -0.530. The van der Waals surface area contributed by atoms with Gasteiger partial charge in [-0.1, -0.05) is 31.2 Å². The van der Waals surface area contributed by atoms with Gasteiger partial charge in [0.1, 0.15) is 0 Å². The van der Waals surface area contributed by atoms with E-state index in [1.54, 1.807) is 0 Å². The molecule has 0 saturated carbocycles. The maximum atomic E-state index is 5.68. The van der Waals surface area contributed by atoms with Crippen molar-refractivity contribution in [1.82, 2.24) is 0 Å². The second kappa shape index (κ2) is 3.08. The molecule has 12 heavy (non-hydrogen) atoms. The van der Waals surface area contributed by atoms with Crippen LogP contribution in [0.25, 0.3) is 0 Å². The average Bonchev–Trinajstić information content (AvgIpc) is 2.02. The molecule has 2 rings (SSSR count). The number of halogens is 1. The van der Waals surface area contributed by atoms with Crippen molar-refractivity contribution in [2.75, 3.05) is 6.54 Å². The number of hydrogen-bond acceptors (Lipinski definition) is 1. The quantitative estimate of drug-likeness (QED) is 0.707. The van der Waals surface area contributed by atoms with Gasteiger partial charge in [-0.05, 0) is 17.5 Å². The van der Waals surface area contributed by atoms with Crippen LogP contribution in [0.1, 0.15) is 18.1 Å². The minimum Gasteiger partial charge on any atom is -0.330 e. The van der Waals surface area contributed by atoms with E-state index < -0.39 is 0 Å². The minimum atomic E-state index is 0. The number of fused-ring (bicyclic) bond motifs is 1. The van der Waals surface area contributed by atoms with Crippen molar-refractivity contribution in [3.8, 4) is 0 Å². The number of benzene rings is 1. The van der Waals surface area contributed by atoms with Gasteiger partial charge in [0.25, 0.3) is 0 Å². The Kier molecular flexibility index (Phi) is 2.45. The van der Waals surface area contributed by atoms with Crippen molar-refractivity contribution in [1.29, 1.82) is 0 Å². The molecule has 1 aliphatic rings. The molecule has 66 valence electrons. The van der Waals surface area contributed by atoms with Crippen LogP contribution in [-0.4, -0.2) is 6.54 Å². The van der Waals surface area contributed by atoms with Crippen LogP contribution in [0.15, 0.2) is 24.3 Å². The topological polar surface area (TPSA) is 26.0 Å². The fourth-order valence-electron chi connectivity index (χ4n) is 1.85. The lowest BCUT2D eigenvalue weighted by Gasteiger charge is -2.40. The molecule has 0 spiro atoms. The summed E-state index contributed by atoms with van der Waals surface area (Å²) >= 11 is 0. The van der Waals surface area contributed by atoms with Gasteiger partial charge in [0.2, 0.25) is 0 Å². The molecule has 2 N–H and O–H groups in total. The predicted octanol–water partition coefficient (Wildman–Crippen LogP) is 1.88. The smallest absolute Gasteiger partial charge is 0.00904 e. The molecule has 0 bridgehead atoms. The monoisotopic (exact) mass is 183 g/mol. The molecule has 0 saturated heterocycles. The fraction of sp³-hybridized carbons (Fsp3) is 0.400. The zero-order valence-corrected chi connectivity index (χ0v) is 8.03. The summed E-state index contributed by atoms with van der Waals surface area (Å²) in [5.74, 6) is 0. The van der Waals surface area contributed by atoms with Crippen LogP contribution >= 0.6 is 12.4 Å². The molecule has 1 unspecified atom stereocenters. The Morgan fingerprint density at radius 1 is 1.42 bits per heavy atom. The summed E-state index contributed by atoms with van der Waals surface area (Å²) in [4.78, 5) is 0. The van der Waals surface area contributed by atoms with E-state index in [1.807, 2.05) is 0 Å². The second-order valence-corrected chi connectivity index (χ2v) is 3.60. The van der Waals surface area contributed by atoms with E-state index in [4.69, 9.17) is 5.73 Å². The SMILES string of the molecule is CC1(CN)Cc2ccccc21.Cl. The van der Waals surface area contributed by atoms with Crippen LogP contribution in [0.4, 0.5) is 0 Å². The third kappa shape index (κ3) is 1.13. The van der Waals surface area contributed by atoms with E-state index in [2.05, 4.69) is 31.2 Å². The fourth-order valence-corrected chi connectivity index (χ4v) is 1.85. The molecule has 1 aromatic rings. The van der Waals surface area contributed by atoms with Crippen LogP contribution in [0.3, 0.4) is 0 Å². The van der Waals surface area contributed by atoms with Gasteiger partial charge in [0.05, 0.1) is 0 Å². The summed E-state index contributed by atoms with van der Waals surface area (Å²) in [5.41, 5.74) is 8.88. The molecule has 1 aliphatic carbocycles. The predicted molar refractivity (Wildman–Crippen MR) is 53.8 cm³/mol. The van der Waals surface area contributed by atoms with Crippen molar-refractivity contribution >= 4 is 12.4 Å². The van der Waals surface area contributed by atoms with Crippen molar-refractivity contribution in [3.05, 3.63) is 35.4 Å². The van der Waals surface area contributed by atoms with E-state index in [-0.39, 0.29) is 17.8 Å². The van der Waals surface area contributed by atoms with Gasteiger partial charge in [-0.2, -0.15) is 0 Å².